The summed E-state index contributed by atoms with van der Waals surface area (Å²) in [5.74, 6) is 1.19. The highest BCUT2D eigenvalue weighted by atomic mass is 15.4. The molecule has 1 aliphatic heterocycles. The minimum atomic E-state index is 0.601. The summed E-state index contributed by atoms with van der Waals surface area (Å²) in [6.07, 6.45) is 2.54. The molecule has 0 aromatic carbocycles. The first kappa shape index (κ1) is 10.6. The molecule has 3 heterocycles. The van der Waals surface area contributed by atoms with Crippen LogP contribution in [-0.2, 0) is 0 Å². The molecular formula is C13H18N4. The molecule has 1 aliphatic rings. The highest BCUT2D eigenvalue weighted by Crippen LogP contribution is 2.26. The van der Waals surface area contributed by atoms with Gasteiger partial charge in [-0.05, 0) is 33.6 Å². The van der Waals surface area contributed by atoms with Crippen molar-refractivity contribution in [3.05, 3.63) is 23.5 Å². The zero-order chi connectivity index (χ0) is 12.0. The molecule has 90 valence electrons. The van der Waals surface area contributed by atoms with Crippen molar-refractivity contribution in [2.24, 2.45) is 0 Å². The number of hydrogen-bond acceptors (Lipinski definition) is 3. The Balaban J connectivity index is 2.20. The minimum Gasteiger partial charge on any atom is -0.354 e. The van der Waals surface area contributed by atoms with Crippen LogP contribution in [0.3, 0.4) is 0 Å². The van der Waals surface area contributed by atoms with Crippen LogP contribution in [0.1, 0.15) is 31.2 Å². The van der Waals surface area contributed by atoms with Crippen LogP contribution in [0, 0.1) is 13.8 Å². The van der Waals surface area contributed by atoms with E-state index in [0.29, 0.717) is 6.04 Å². The quantitative estimate of drug-likeness (QED) is 0.754. The molecule has 0 unspecified atom stereocenters. The Morgan fingerprint density at radius 2 is 2.06 bits per heavy atom. The van der Waals surface area contributed by atoms with Crippen molar-refractivity contribution in [1.82, 2.24) is 14.6 Å². The van der Waals surface area contributed by atoms with Crippen molar-refractivity contribution in [2.45, 2.75) is 39.7 Å². The van der Waals surface area contributed by atoms with E-state index in [-0.39, 0.29) is 0 Å². The van der Waals surface area contributed by atoms with Gasteiger partial charge in [-0.25, -0.2) is 4.98 Å². The molecule has 0 spiro atoms. The molecule has 1 fully saturated rings. The Morgan fingerprint density at radius 1 is 1.24 bits per heavy atom. The summed E-state index contributed by atoms with van der Waals surface area (Å²) in [6.45, 7) is 7.47. The lowest BCUT2D eigenvalue weighted by atomic mass is 10.2. The Labute approximate surface area is 101 Å². The molecule has 2 aromatic rings. The predicted octanol–water partition coefficient (Wildman–Crippen LogP) is 2.33. The Hall–Kier alpha value is -1.58. The number of nitrogens with zero attached hydrogens (tertiary/aromatic N) is 4. The molecule has 2 aromatic heterocycles. The number of fused-ring (bicyclic) bond motifs is 1. The molecule has 4 nitrogen and oxygen atoms in total. The van der Waals surface area contributed by atoms with Gasteiger partial charge in [-0.3, -0.25) is 0 Å². The number of anilines is 1. The topological polar surface area (TPSA) is 33.4 Å². The van der Waals surface area contributed by atoms with Crippen molar-refractivity contribution < 1.29 is 0 Å². The average Bonchev–Trinajstić information content (AvgIpc) is 2.82. The molecule has 17 heavy (non-hydrogen) atoms. The third-order valence-corrected chi connectivity index (χ3v) is 3.51. The second kappa shape index (κ2) is 3.72. The highest BCUT2D eigenvalue weighted by Gasteiger charge is 2.23. The van der Waals surface area contributed by atoms with E-state index in [1.54, 1.807) is 0 Å². The van der Waals surface area contributed by atoms with E-state index in [9.17, 15) is 0 Å². The Bertz CT molecular complexity index is 558. The maximum absolute atomic E-state index is 4.55. The van der Waals surface area contributed by atoms with E-state index in [2.05, 4.69) is 28.0 Å². The number of aryl methyl sites for hydroxylation is 2. The summed E-state index contributed by atoms with van der Waals surface area (Å²) >= 11 is 0. The fraction of sp³-hybridized carbons (Fsp3) is 0.538. The molecule has 1 atom stereocenters. The SMILES string of the molecule is Cc1cc(N2CCC[C@@H]2C)n2nc(C)cc2n1. The number of rotatable bonds is 1. The number of hydrogen-bond donors (Lipinski definition) is 0. The molecule has 0 saturated carbocycles. The van der Waals surface area contributed by atoms with Crippen molar-refractivity contribution in [3.63, 3.8) is 0 Å². The second-order valence-electron chi connectivity index (χ2n) is 5.00. The van der Waals surface area contributed by atoms with Gasteiger partial charge in [-0.2, -0.15) is 9.61 Å². The third-order valence-electron chi connectivity index (χ3n) is 3.51. The largest absolute Gasteiger partial charge is 0.354 e. The molecule has 3 rings (SSSR count). The molecule has 0 aliphatic carbocycles. The van der Waals surface area contributed by atoms with E-state index in [0.717, 1.165) is 23.6 Å². The van der Waals surface area contributed by atoms with E-state index < -0.39 is 0 Å². The van der Waals surface area contributed by atoms with Gasteiger partial charge in [0.05, 0.1) is 5.69 Å². The fourth-order valence-electron chi connectivity index (χ4n) is 2.67. The molecule has 0 radical (unpaired) electrons. The van der Waals surface area contributed by atoms with E-state index in [1.807, 2.05) is 24.4 Å². The molecule has 0 bridgehead atoms. The van der Waals surface area contributed by atoms with E-state index in [1.165, 1.54) is 18.7 Å². The maximum atomic E-state index is 4.55. The van der Waals surface area contributed by atoms with Gasteiger partial charge >= 0.3 is 0 Å². The van der Waals surface area contributed by atoms with E-state index >= 15 is 0 Å². The summed E-state index contributed by atoms with van der Waals surface area (Å²) in [5.41, 5.74) is 3.04. The monoisotopic (exact) mass is 230 g/mol. The lowest BCUT2D eigenvalue weighted by Gasteiger charge is -2.24. The van der Waals surface area contributed by atoms with Gasteiger partial charge in [-0.1, -0.05) is 0 Å². The standard InChI is InChI=1S/C13H18N4/c1-9-8-13(16-6-4-5-11(16)3)17-12(14-9)7-10(2)15-17/h7-8,11H,4-6H2,1-3H3/t11-/m0/s1. The van der Waals surface area contributed by atoms with Gasteiger partial charge in [0.15, 0.2) is 5.65 Å². The third kappa shape index (κ3) is 1.68. The molecule has 0 amide bonds. The minimum absolute atomic E-state index is 0.601. The zero-order valence-corrected chi connectivity index (χ0v) is 10.6. The Kier molecular flexibility index (Phi) is 2.31. The van der Waals surface area contributed by atoms with Gasteiger partial charge in [-0.15, -0.1) is 0 Å². The van der Waals surface area contributed by atoms with Gasteiger partial charge in [0, 0.05) is 30.4 Å². The summed E-state index contributed by atoms with van der Waals surface area (Å²) in [6, 6.07) is 4.78. The highest BCUT2D eigenvalue weighted by molar-refractivity contribution is 5.52. The van der Waals surface area contributed by atoms with Crippen LogP contribution >= 0.6 is 0 Å². The summed E-state index contributed by atoms with van der Waals surface area (Å²) in [7, 11) is 0. The van der Waals surface area contributed by atoms with Crippen LogP contribution in [0.2, 0.25) is 0 Å². The normalized spacial score (nSPS) is 20.4. The lowest BCUT2D eigenvalue weighted by Crippen LogP contribution is -2.28. The fourth-order valence-corrected chi connectivity index (χ4v) is 2.67. The van der Waals surface area contributed by atoms with Gasteiger partial charge in [0.25, 0.3) is 0 Å². The Morgan fingerprint density at radius 3 is 2.76 bits per heavy atom. The van der Waals surface area contributed by atoms with Crippen LogP contribution in [-0.4, -0.2) is 27.2 Å². The van der Waals surface area contributed by atoms with Crippen LogP contribution in [0.25, 0.3) is 5.65 Å². The van der Waals surface area contributed by atoms with Crippen LogP contribution in [0.15, 0.2) is 12.1 Å². The average molecular weight is 230 g/mol. The van der Waals surface area contributed by atoms with Gasteiger partial charge < -0.3 is 4.90 Å². The van der Waals surface area contributed by atoms with Gasteiger partial charge in [0.2, 0.25) is 0 Å². The molecule has 0 N–H and O–H groups in total. The van der Waals surface area contributed by atoms with Crippen LogP contribution in [0.4, 0.5) is 5.82 Å². The summed E-state index contributed by atoms with van der Waals surface area (Å²) in [4.78, 5) is 6.97. The molecule has 4 heteroatoms. The predicted molar refractivity (Wildman–Crippen MR) is 68.5 cm³/mol. The van der Waals surface area contributed by atoms with Crippen molar-refractivity contribution in [2.75, 3.05) is 11.4 Å². The van der Waals surface area contributed by atoms with Crippen molar-refractivity contribution in [3.8, 4) is 0 Å². The van der Waals surface area contributed by atoms with Gasteiger partial charge in [0.1, 0.15) is 5.82 Å². The smallest absolute Gasteiger partial charge is 0.157 e. The van der Waals surface area contributed by atoms with Crippen molar-refractivity contribution >= 4 is 11.5 Å². The first-order chi connectivity index (χ1) is 8.15. The first-order valence-electron chi connectivity index (χ1n) is 6.26. The summed E-state index contributed by atoms with van der Waals surface area (Å²) in [5, 5.41) is 4.55. The maximum Gasteiger partial charge on any atom is 0.157 e. The van der Waals surface area contributed by atoms with Crippen LogP contribution in [0.5, 0.6) is 0 Å². The molecular weight excluding hydrogens is 212 g/mol. The zero-order valence-electron chi connectivity index (χ0n) is 10.6. The second-order valence-corrected chi connectivity index (χ2v) is 5.00. The van der Waals surface area contributed by atoms with Crippen LogP contribution < -0.4 is 4.90 Å². The first-order valence-corrected chi connectivity index (χ1v) is 6.26. The van der Waals surface area contributed by atoms with E-state index in [4.69, 9.17) is 0 Å². The lowest BCUT2D eigenvalue weighted by molar-refractivity contribution is 0.710. The summed E-state index contributed by atoms with van der Waals surface area (Å²) < 4.78 is 1.98. The number of aromatic nitrogens is 3. The molecule has 1 saturated heterocycles. The van der Waals surface area contributed by atoms with Crippen molar-refractivity contribution in [1.29, 1.82) is 0 Å².